The van der Waals surface area contributed by atoms with Gasteiger partial charge in [0.1, 0.15) is 4.21 Å². The highest BCUT2D eigenvalue weighted by atomic mass is 32.2. The molecule has 0 unspecified atom stereocenters. The van der Waals surface area contributed by atoms with Gasteiger partial charge in [-0.25, -0.2) is 13.2 Å². The molecular weight excluding hydrogens is 448 g/mol. The van der Waals surface area contributed by atoms with Crippen LogP contribution in [0.3, 0.4) is 0 Å². The van der Waals surface area contributed by atoms with E-state index in [1.54, 1.807) is 23.3 Å². The molecule has 1 atom stereocenters. The number of thiophene rings is 1. The number of sulfonamides is 1. The number of hydrogen-bond acceptors (Lipinski definition) is 6. The first kappa shape index (κ1) is 22.0. The third kappa shape index (κ3) is 4.84. The lowest BCUT2D eigenvalue weighted by atomic mass is 9.99. The second kappa shape index (κ2) is 9.13. The zero-order valence-corrected chi connectivity index (χ0v) is 19.0. The Hall–Kier alpha value is -3.17. The number of nitrogens with zero attached hydrogens (tertiary/aromatic N) is 1. The lowest BCUT2D eigenvalue weighted by Gasteiger charge is -2.30. The van der Waals surface area contributed by atoms with Crippen LogP contribution in [0.2, 0.25) is 0 Å². The van der Waals surface area contributed by atoms with Crippen LogP contribution in [0.4, 0.5) is 5.69 Å². The average Bonchev–Trinajstić information content (AvgIpc) is 3.34. The Morgan fingerprint density at radius 3 is 2.44 bits per heavy atom. The Bertz CT molecular complexity index is 1220. The van der Waals surface area contributed by atoms with Gasteiger partial charge in [-0.3, -0.25) is 9.52 Å². The highest BCUT2D eigenvalue weighted by Gasteiger charge is 2.27. The van der Waals surface area contributed by atoms with Crippen LogP contribution < -0.4 is 4.72 Å². The van der Waals surface area contributed by atoms with E-state index in [1.165, 1.54) is 35.9 Å². The van der Waals surface area contributed by atoms with E-state index < -0.39 is 22.1 Å². The number of rotatable bonds is 6. The lowest BCUT2D eigenvalue weighted by molar-refractivity contribution is -0.140. The maximum Gasteiger partial charge on any atom is 0.338 e. The van der Waals surface area contributed by atoms with Gasteiger partial charge in [0, 0.05) is 18.8 Å². The van der Waals surface area contributed by atoms with E-state index in [9.17, 15) is 18.0 Å². The molecule has 4 rings (SSSR count). The molecule has 0 radical (unpaired) electrons. The number of esters is 1. The predicted molar refractivity (Wildman–Crippen MR) is 122 cm³/mol. The standard InChI is InChI=1S/C23H22N2O5S2/c1-16(22(26)25-13-12-17-5-2-3-6-19(17)15-25)30-23(27)18-8-10-20(11-9-18)24-32(28,29)21-7-4-14-31-21/h2-11,14,16,24H,12-13,15H2,1H3/t16-/m0/s1. The van der Waals surface area contributed by atoms with Crippen molar-refractivity contribution >= 4 is 38.9 Å². The van der Waals surface area contributed by atoms with Crippen molar-refractivity contribution in [2.75, 3.05) is 11.3 Å². The molecule has 1 N–H and O–H groups in total. The molecule has 3 aromatic rings. The normalized spacial score (nSPS) is 14.3. The molecule has 2 heterocycles. The Balaban J connectivity index is 1.36. The predicted octanol–water partition coefficient (Wildman–Crippen LogP) is 3.68. The smallest absolute Gasteiger partial charge is 0.338 e. The fourth-order valence-corrected chi connectivity index (χ4v) is 5.57. The summed E-state index contributed by atoms with van der Waals surface area (Å²) < 4.78 is 32.6. The second-order valence-electron chi connectivity index (χ2n) is 7.44. The van der Waals surface area contributed by atoms with Crippen molar-refractivity contribution in [2.24, 2.45) is 0 Å². The van der Waals surface area contributed by atoms with Crippen LogP contribution in [0.25, 0.3) is 0 Å². The second-order valence-corrected chi connectivity index (χ2v) is 10.3. The minimum atomic E-state index is -3.66. The fraction of sp³-hybridized carbons (Fsp3) is 0.217. The lowest BCUT2D eigenvalue weighted by Crippen LogP contribution is -2.42. The number of amides is 1. The van der Waals surface area contributed by atoms with Gasteiger partial charge >= 0.3 is 5.97 Å². The molecule has 0 saturated carbocycles. The number of fused-ring (bicyclic) bond motifs is 1. The first-order chi connectivity index (χ1) is 15.3. The monoisotopic (exact) mass is 470 g/mol. The molecule has 32 heavy (non-hydrogen) atoms. The van der Waals surface area contributed by atoms with E-state index in [2.05, 4.69) is 10.8 Å². The van der Waals surface area contributed by atoms with Gasteiger partial charge in [-0.1, -0.05) is 30.3 Å². The largest absolute Gasteiger partial charge is 0.449 e. The molecule has 9 heteroatoms. The number of ether oxygens (including phenoxy) is 1. The van der Waals surface area contributed by atoms with E-state index in [0.29, 0.717) is 18.8 Å². The zero-order chi connectivity index (χ0) is 22.7. The summed E-state index contributed by atoms with van der Waals surface area (Å²) in [6.45, 7) is 2.64. The molecule has 1 amide bonds. The van der Waals surface area contributed by atoms with Crippen molar-refractivity contribution in [1.82, 2.24) is 4.90 Å². The summed E-state index contributed by atoms with van der Waals surface area (Å²) in [7, 11) is -3.66. The summed E-state index contributed by atoms with van der Waals surface area (Å²) in [5.74, 6) is -0.885. The highest BCUT2D eigenvalue weighted by Crippen LogP contribution is 2.22. The van der Waals surface area contributed by atoms with Crippen LogP contribution >= 0.6 is 11.3 Å². The van der Waals surface area contributed by atoms with E-state index in [1.807, 2.05) is 18.2 Å². The molecule has 0 spiro atoms. The van der Waals surface area contributed by atoms with Crippen molar-refractivity contribution < 1.29 is 22.7 Å². The molecule has 7 nitrogen and oxygen atoms in total. The molecule has 2 aromatic carbocycles. The molecule has 1 aliphatic rings. The minimum Gasteiger partial charge on any atom is -0.449 e. The van der Waals surface area contributed by atoms with Crippen molar-refractivity contribution in [3.63, 3.8) is 0 Å². The molecule has 166 valence electrons. The van der Waals surface area contributed by atoms with Crippen LogP contribution in [0, 0.1) is 0 Å². The van der Waals surface area contributed by atoms with E-state index in [-0.39, 0.29) is 15.7 Å². The molecule has 0 fully saturated rings. The first-order valence-electron chi connectivity index (χ1n) is 10.1. The van der Waals surface area contributed by atoms with E-state index in [4.69, 9.17) is 4.74 Å². The zero-order valence-electron chi connectivity index (χ0n) is 17.4. The first-order valence-corrected chi connectivity index (χ1v) is 12.4. The average molecular weight is 471 g/mol. The van der Waals surface area contributed by atoms with Gasteiger partial charge in [0.2, 0.25) is 0 Å². The number of benzene rings is 2. The third-order valence-electron chi connectivity index (χ3n) is 5.21. The van der Waals surface area contributed by atoms with Gasteiger partial charge < -0.3 is 9.64 Å². The third-order valence-corrected chi connectivity index (χ3v) is 7.99. The van der Waals surface area contributed by atoms with Crippen LogP contribution in [0.5, 0.6) is 0 Å². The Morgan fingerprint density at radius 1 is 1.03 bits per heavy atom. The van der Waals surface area contributed by atoms with Crippen LogP contribution in [0.15, 0.2) is 70.3 Å². The quantitative estimate of drug-likeness (QED) is 0.555. The fourth-order valence-electron chi connectivity index (χ4n) is 3.52. The number of carbonyl (C=O) groups is 2. The van der Waals surface area contributed by atoms with Crippen molar-refractivity contribution in [3.05, 3.63) is 82.7 Å². The van der Waals surface area contributed by atoms with Crippen molar-refractivity contribution in [2.45, 2.75) is 30.2 Å². The van der Waals surface area contributed by atoms with Crippen molar-refractivity contribution in [3.8, 4) is 0 Å². The summed E-state index contributed by atoms with van der Waals surface area (Å²) in [6, 6.07) is 17.0. The Labute approximate surface area is 190 Å². The Kier molecular flexibility index (Phi) is 6.29. The maximum atomic E-state index is 12.8. The molecule has 0 aliphatic carbocycles. The number of carbonyl (C=O) groups excluding carboxylic acids is 2. The van der Waals surface area contributed by atoms with Crippen LogP contribution in [0.1, 0.15) is 28.4 Å². The topological polar surface area (TPSA) is 92.8 Å². The van der Waals surface area contributed by atoms with Gasteiger partial charge in [0.15, 0.2) is 6.10 Å². The summed E-state index contributed by atoms with van der Waals surface area (Å²) >= 11 is 1.11. The van der Waals surface area contributed by atoms with Crippen molar-refractivity contribution in [1.29, 1.82) is 0 Å². The molecular formula is C23H22N2O5S2. The van der Waals surface area contributed by atoms with Crippen LogP contribution in [-0.2, 0) is 32.5 Å². The summed E-state index contributed by atoms with van der Waals surface area (Å²) in [5.41, 5.74) is 2.89. The van der Waals surface area contributed by atoms with Crippen LogP contribution in [-0.4, -0.2) is 37.8 Å². The van der Waals surface area contributed by atoms with Gasteiger partial charge in [0.05, 0.1) is 5.56 Å². The molecule has 1 aliphatic heterocycles. The van der Waals surface area contributed by atoms with Gasteiger partial charge in [-0.2, -0.15) is 0 Å². The number of hydrogen-bond donors (Lipinski definition) is 1. The molecule has 0 bridgehead atoms. The molecule has 0 saturated heterocycles. The SMILES string of the molecule is C[C@H](OC(=O)c1ccc(NS(=O)(=O)c2cccs2)cc1)C(=O)N1CCc2ccccc2C1. The summed E-state index contributed by atoms with van der Waals surface area (Å²) in [6.07, 6.45) is -0.157. The minimum absolute atomic E-state index is 0.202. The highest BCUT2D eigenvalue weighted by molar-refractivity contribution is 7.94. The summed E-state index contributed by atoms with van der Waals surface area (Å²) in [5, 5.41) is 1.68. The number of anilines is 1. The van der Waals surface area contributed by atoms with Gasteiger partial charge in [-0.15, -0.1) is 11.3 Å². The van der Waals surface area contributed by atoms with E-state index in [0.717, 1.165) is 23.3 Å². The maximum absolute atomic E-state index is 12.8. The molecule has 1 aromatic heterocycles. The Morgan fingerprint density at radius 2 is 1.75 bits per heavy atom. The van der Waals surface area contributed by atoms with Gasteiger partial charge in [0.25, 0.3) is 15.9 Å². The van der Waals surface area contributed by atoms with Gasteiger partial charge in [-0.05, 0) is 60.2 Å². The number of nitrogens with one attached hydrogen (secondary N) is 1. The summed E-state index contributed by atoms with van der Waals surface area (Å²) in [4.78, 5) is 27.0. The van der Waals surface area contributed by atoms with E-state index >= 15 is 0 Å².